The first-order valence-electron chi connectivity index (χ1n) is 4.06. The normalized spacial score (nSPS) is 12.2. The lowest BCUT2D eigenvalue weighted by atomic mass is 10.2. The largest absolute Gasteiger partial charge is 0.245 e. The van der Waals surface area contributed by atoms with Gasteiger partial charge in [-0.15, -0.1) is 0 Å². The smallest absolute Gasteiger partial charge is 0.236 e. The monoisotopic (exact) mass is 307 g/mol. The van der Waals surface area contributed by atoms with Gasteiger partial charge in [0.2, 0.25) is 10.0 Å². The fourth-order valence-electron chi connectivity index (χ4n) is 1.39. The number of rotatable bonds is 1. The van der Waals surface area contributed by atoms with Crippen molar-refractivity contribution in [2.75, 3.05) is 6.26 Å². The van der Waals surface area contributed by atoms with E-state index in [1.165, 1.54) is 10.2 Å². The Morgan fingerprint density at radius 1 is 1.40 bits per heavy atom. The number of halogens is 2. The molecule has 80 valence electrons. The number of nitrogens with zero attached hydrogens (tertiary/aromatic N) is 1. The third-order valence-electron chi connectivity index (χ3n) is 2.05. The number of aromatic nitrogens is 1. The van der Waals surface area contributed by atoms with Crippen molar-refractivity contribution in [1.29, 1.82) is 0 Å². The molecular formula is C9H7BrClNO2S. The van der Waals surface area contributed by atoms with Crippen molar-refractivity contribution < 1.29 is 8.42 Å². The number of benzene rings is 1. The van der Waals surface area contributed by atoms with Crippen LogP contribution in [0.5, 0.6) is 0 Å². The Bertz CT molecular complexity index is 633. The van der Waals surface area contributed by atoms with Crippen LogP contribution in [0.2, 0.25) is 5.02 Å². The van der Waals surface area contributed by atoms with E-state index in [0.717, 1.165) is 16.1 Å². The van der Waals surface area contributed by atoms with Crippen LogP contribution in [0.25, 0.3) is 10.9 Å². The highest BCUT2D eigenvalue weighted by molar-refractivity contribution is 9.10. The molecule has 0 amide bonds. The summed E-state index contributed by atoms with van der Waals surface area (Å²) in [6, 6.07) is 5.15. The molecule has 0 fully saturated rings. The first-order valence-corrected chi connectivity index (χ1v) is 7.08. The third-order valence-corrected chi connectivity index (χ3v) is 4.28. The highest BCUT2D eigenvalue weighted by Crippen LogP contribution is 2.29. The van der Waals surface area contributed by atoms with Crippen molar-refractivity contribution in [2.24, 2.45) is 0 Å². The van der Waals surface area contributed by atoms with Crippen molar-refractivity contribution in [3.05, 3.63) is 33.9 Å². The van der Waals surface area contributed by atoms with Gasteiger partial charge in [0.1, 0.15) is 0 Å². The van der Waals surface area contributed by atoms with Gasteiger partial charge in [-0.2, -0.15) is 0 Å². The molecule has 6 heteroatoms. The average Bonchev–Trinajstić information content (AvgIpc) is 2.47. The van der Waals surface area contributed by atoms with Crippen molar-refractivity contribution in [3.8, 4) is 0 Å². The minimum Gasteiger partial charge on any atom is -0.245 e. The summed E-state index contributed by atoms with van der Waals surface area (Å²) in [6.07, 6.45) is 2.67. The van der Waals surface area contributed by atoms with Crippen LogP contribution in [0.4, 0.5) is 0 Å². The Morgan fingerprint density at radius 2 is 2.07 bits per heavy atom. The van der Waals surface area contributed by atoms with E-state index in [0.29, 0.717) is 10.5 Å². The molecule has 0 saturated carbocycles. The van der Waals surface area contributed by atoms with E-state index in [-0.39, 0.29) is 0 Å². The molecule has 0 radical (unpaired) electrons. The second-order valence-corrected chi connectivity index (χ2v) is 6.32. The molecule has 0 spiro atoms. The standard InChI is InChI=1S/C9H7BrClNO2S/c1-15(13,14)12-3-2-6-4-7(10)8(11)5-9(6)12/h2-5H,1H3. The van der Waals surface area contributed by atoms with Crippen molar-refractivity contribution in [1.82, 2.24) is 3.97 Å². The summed E-state index contributed by atoms with van der Waals surface area (Å²) in [7, 11) is -3.27. The summed E-state index contributed by atoms with van der Waals surface area (Å²) < 4.78 is 24.8. The quantitative estimate of drug-likeness (QED) is 0.812. The van der Waals surface area contributed by atoms with Crippen LogP contribution in [-0.4, -0.2) is 18.6 Å². The Labute approximate surface area is 101 Å². The molecule has 0 aliphatic carbocycles. The number of hydrogen-bond donors (Lipinski definition) is 0. The molecule has 2 aromatic rings. The molecule has 15 heavy (non-hydrogen) atoms. The van der Waals surface area contributed by atoms with Gasteiger partial charge in [0.15, 0.2) is 0 Å². The Morgan fingerprint density at radius 3 is 2.67 bits per heavy atom. The maximum Gasteiger partial charge on any atom is 0.236 e. The third kappa shape index (κ3) is 1.91. The van der Waals surface area contributed by atoms with Gasteiger partial charge in [-0.1, -0.05) is 11.6 Å². The summed E-state index contributed by atoms with van der Waals surface area (Å²) in [5.74, 6) is 0. The van der Waals surface area contributed by atoms with E-state index in [1.807, 2.05) is 0 Å². The maximum absolute atomic E-state index is 11.4. The Balaban J connectivity index is 2.87. The van der Waals surface area contributed by atoms with E-state index >= 15 is 0 Å². The molecule has 2 rings (SSSR count). The fraction of sp³-hybridized carbons (Fsp3) is 0.111. The molecule has 3 nitrogen and oxygen atoms in total. The first kappa shape index (κ1) is 11.0. The summed E-state index contributed by atoms with van der Waals surface area (Å²) in [6.45, 7) is 0. The molecule has 0 atom stereocenters. The molecule has 0 bridgehead atoms. The van der Waals surface area contributed by atoms with E-state index in [1.54, 1.807) is 18.2 Å². The Kier molecular flexibility index (Phi) is 2.56. The summed E-state index contributed by atoms with van der Waals surface area (Å²) in [5.41, 5.74) is 0.589. The van der Waals surface area contributed by atoms with Crippen molar-refractivity contribution in [2.45, 2.75) is 0 Å². The minimum absolute atomic E-state index is 0.492. The summed E-state index contributed by atoms with van der Waals surface area (Å²) in [4.78, 5) is 0. The van der Waals surface area contributed by atoms with E-state index in [2.05, 4.69) is 15.9 Å². The second kappa shape index (κ2) is 3.50. The number of hydrogen-bond acceptors (Lipinski definition) is 2. The van der Waals surface area contributed by atoms with Gasteiger partial charge in [-0.3, -0.25) is 0 Å². The maximum atomic E-state index is 11.4. The van der Waals surface area contributed by atoms with Gasteiger partial charge in [0, 0.05) is 16.1 Å². The summed E-state index contributed by atoms with van der Waals surface area (Å²) >= 11 is 9.20. The fourth-order valence-corrected chi connectivity index (χ4v) is 2.71. The van der Waals surface area contributed by atoms with Crippen LogP contribution in [0.3, 0.4) is 0 Å². The topological polar surface area (TPSA) is 39.1 Å². The molecule has 0 N–H and O–H groups in total. The molecule has 0 saturated heterocycles. The molecule has 0 aliphatic rings. The van der Waals surface area contributed by atoms with Gasteiger partial charge in [-0.25, -0.2) is 12.4 Å². The van der Waals surface area contributed by atoms with Crippen LogP contribution >= 0.6 is 27.5 Å². The highest BCUT2D eigenvalue weighted by atomic mass is 79.9. The van der Waals surface area contributed by atoms with Crippen LogP contribution in [0.15, 0.2) is 28.9 Å². The number of fused-ring (bicyclic) bond motifs is 1. The van der Waals surface area contributed by atoms with Gasteiger partial charge in [0.25, 0.3) is 0 Å². The zero-order chi connectivity index (χ0) is 11.2. The van der Waals surface area contributed by atoms with Gasteiger partial charge < -0.3 is 0 Å². The molecule has 1 heterocycles. The zero-order valence-corrected chi connectivity index (χ0v) is 10.9. The average molecular weight is 309 g/mol. The van der Waals surface area contributed by atoms with E-state index < -0.39 is 10.0 Å². The summed E-state index contributed by atoms with van der Waals surface area (Å²) in [5, 5.41) is 1.32. The second-order valence-electron chi connectivity index (χ2n) is 3.20. The van der Waals surface area contributed by atoms with Gasteiger partial charge in [-0.05, 0) is 34.1 Å². The molecule has 0 unspecified atom stereocenters. The van der Waals surface area contributed by atoms with Crippen molar-refractivity contribution in [3.63, 3.8) is 0 Å². The predicted molar refractivity (Wildman–Crippen MR) is 64.9 cm³/mol. The van der Waals surface area contributed by atoms with Gasteiger partial charge >= 0.3 is 0 Å². The highest BCUT2D eigenvalue weighted by Gasteiger charge is 2.11. The molecule has 1 aromatic heterocycles. The van der Waals surface area contributed by atoms with Crippen LogP contribution in [-0.2, 0) is 10.0 Å². The molecule has 1 aromatic carbocycles. The SMILES string of the molecule is CS(=O)(=O)n1ccc2cc(Br)c(Cl)cc21. The van der Waals surface area contributed by atoms with Crippen LogP contribution < -0.4 is 0 Å². The van der Waals surface area contributed by atoms with E-state index in [9.17, 15) is 8.42 Å². The zero-order valence-electron chi connectivity index (χ0n) is 7.74. The van der Waals surface area contributed by atoms with E-state index in [4.69, 9.17) is 11.6 Å². The molecule has 0 aliphatic heterocycles. The lowest BCUT2D eigenvalue weighted by Gasteiger charge is -2.02. The van der Waals surface area contributed by atoms with Crippen LogP contribution in [0.1, 0.15) is 0 Å². The van der Waals surface area contributed by atoms with Gasteiger partial charge in [0.05, 0.1) is 16.8 Å². The molecular weight excluding hydrogens is 302 g/mol. The first-order chi connectivity index (χ1) is 6.89. The predicted octanol–water partition coefficient (Wildman–Crippen LogP) is 2.86. The van der Waals surface area contributed by atoms with Crippen molar-refractivity contribution >= 4 is 48.5 Å². The lowest BCUT2D eigenvalue weighted by molar-refractivity contribution is 0.595. The lowest BCUT2D eigenvalue weighted by Crippen LogP contribution is -2.07. The Hall–Kier alpha value is -0.520. The van der Waals surface area contributed by atoms with Crippen LogP contribution in [0, 0.1) is 0 Å². The minimum atomic E-state index is -3.27.